The molecule has 0 amide bonds. The van der Waals surface area contributed by atoms with Gasteiger partial charge in [0.2, 0.25) is 0 Å². The third-order valence-electron chi connectivity index (χ3n) is 3.70. The highest BCUT2D eigenvalue weighted by atomic mass is 14.9. The van der Waals surface area contributed by atoms with Gasteiger partial charge in [-0.3, -0.25) is 4.98 Å². The first kappa shape index (κ1) is 13.6. The van der Waals surface area contributed by atoms with Gasteiger partial charge in [-0.2, -0.15) is 0 Å². The third kappa shape index (κ3) is 2.50. The van der Waals surface area contributed by atoms with E-state index in [1.54, 1.807) is 6.20 Å². The Balaban J connectivity index is 2.20. The summed E-state index contributed by atoms with van der Waals surface area (Å²) >= 11 is 0. The second kappa shape index (κ2) is 5.58. The summed E-state index contributed by atoms with van der Waals surface area (Å²) in [6.45, 7) is 4.62. The van der Waals surface area contributed by atoms with E-state index < -0.39 is 0 Å². The van der Waals surface area contributed by atoms with Crippen molar-refractivity contribution in [2.75, 3.05) is 6.54 Å². The Bertz CT molecular complexity index is 767. The van der Waals surface area contributed by atoms with Crippen LogP contribution in [0.5, 0.6) is 0 Å². The van der Waals surface area contributed by atoms with Crippen molar-refractivity contribution >= 4 is 10.8 Å². The van der Waals surface area contributed by atoms with Crippen LogP contribution in [0.2, 0.25) is 0 Å². The number of pyridine rings is 1. The minimum atomic E-state index is 0.608. The van der Waals surface area contributed by atoms with Crippen LogP contribution < -0.4 is 5.73 Å². The summed E-state index contributed by atoms with van der Waals surface area (Å²) in [5, 5.41) is 2.22. The number of rotatable bonds is 3. The van der Waals surface area contributed by atoms with Gasteiger partial charge in [-0.1, -0.05) is 24.3 Å². The predicted molar refractivity (Wildman–Crippen MR) is 85.0 cm³/mol. The van der Waals surface area contributed by atoms with Crippen molar-refractivity contribution in [3.05, 3.63) is 53.5 Å². The van der Waals surface area contributed by atoms with Crippen molar-refractivity contribution in [1.29, 1.82) is 0 Å². The molecule has 3 aromatic rings. The fourth-order valence-corrected chi connectivity index (χ4v) is 2.65. The number of fused-ring (bicyclic) bond motifs is 1. The lowest BCUT2D eigenvalue weighted by Gasteiger charge is -2.11. The SMILES string of the molecule is Cc1nc(-c2nccc3ccccc23)nc(C)c1CCN. The van der Waals surface area contributed by atoms with Crippen LogP contribution in [0.3, 0.4) is 0 Å². The molecule has 0 unspecified atom stereocenters. The van der Waals surface area contributed by atoms with Gasteiger partial charge in [-0.25, -0.2) is 9.97 Å². The normalized spacial score (nSPS) is 11.0. The first-order valence-electron chi connectivity index (χ1n) is 7.09. The molecule has 0 aliphatic heterocycles. The predicted octanol–water partition coefficient (Wildman–Crippen LogP) is 2.81. The highest BCUT2D eigenvalue weighted by Gasteiger charge is 2.12. The summed E-state index contributed by atoms with van der Waals surface area (Å²) in [5.74, 6) is 0.683. The molecule has 106 valence electrons. The minimum Gasteiger partial charge on any atom is -0.330 e. The summed E-state index contributed by atoms with van der Waals surface area (Å²) in [6, 6.07) is 10.2. The number of nitrogens with zero attached hydrogens (tertiary/aromatic N) is 3. The Morgan fingerprint density at radius 1 is 1.00 bits per heavy atom. The van der Waals surface area contributed by atoms with Gasteiger partial charge in [-0.15, -0.1) is 0 Å². The number of aromatic nitrogens is 3. The lowest BCUT2D eigenvalue weighted by atomic mass is 10.1. The Morgan fingerprint density at radius 2 is 1.71 bits per heavy atom. The zero-order valence-electron chi connectivity index (χ0n) is 12.3. The maximum Gasteiger partial charge on any atom is 0.179 e. The Labute approximate surface area is 124 Å². The van der Waals surface area contributed by atoms with Crippen LogP contribution in [0.15, 0.2) is 36.5 Å². The van der Waals surface area contributed by atoms with Crippen LogP contribution in [-0.4, -0.2) is 21.5 Å². The average Bonchev–Trinajstić information content (AvgIpc) is 2.50. The Morgan fingerprint density at radius 3 is 2.43 bits per heavy atom. The standard InChI is InChI=1S/C17H18N4/c1-11-14(7-9-18)12(2)21-17(20-11)16-15-6-4-3-5-13(15)8-10-19-16/h3-6,8,10H,7,9,18H2,1-2H3. The molecule has 0 radical (unpaired) electrons. The van der Waals surface area contributed by atoms with Crippen LogP contribution in [0.1, 0.15) is 17.0 Å². The smallest absolute Gasteiger partial charge is 0.179 e. The fourth-order valence-electron chi connectivity index (χ4n) is 2.65. The maximum atomic E-state index is 5.65. The summed E-state index contributed by atoms with van der Waals surface area (Å²) in [5.41, 5.74) is 9.59. The molecule has 0 bridgehead atoms. The van der Waals surface area contributed by atoms with Crippen LogP contribution >= 0.6 is 0 Å². The van der Waals surface area contributed by atoms with Crippen LogP contribution in [0, 0.1) is 13.8 Å². The van der Waals surface area contributed by atoms with Crippen molar-refractivity contribution in [1.82, 2.24) is 15.0 Å². The van der Waals surface area contributed by atoms with Crippen molar-refractivity contribution in [2.24, 2.45) is 5.73 Å². The summed E-state index contributed by atoms with van der Waals surface area (Å²) in [4.78, 5) is 13.8. The van der Waals surface area contributed by atoms with Gasteiger partial charge < -0.3 is 5.73 Å². The molecule has 0 atom stereocenters. The highest BCUT2D eigenvalue weighted by molar-refractivity contribution is 5.92. The molecular formula is C17H18N4. The van der Waals surface area contributed by atoms with Crippen molar-refractivity contribution < 1.29 is 0 Å². The molecule has 2 N–H and O–H groups in total. The number of hydrogen-bond acceptors (Lipinski definition) is 4. The quantitative estimate of drug-likeness (QED) is 0.800. The molecule has 4 nitrogen and oxygen atoms in total. The molecule has 0 fully saturated rings. The van der Waals surface area contributed by atoms with Gasteiger partial charge >= 0.3 is 0 Å². The minimum absolute atomic E-state index is 0.608. The van der Waals surface area contributed by atoms with E-state index in [2.05, 4.69) is 27.1 Å². The first-order valence-corrected chi connectivity index (χ1v) is 7.09. The molecule has 21 heavy (non-hydrogen) atoms. The van der Waals surface area contributed by atoms with E-state index in [0.717, 1.165) is 39.8 Å². The van der Waals surface area contributed by atoms with Crippen molar-refractivity contribution in [3.8, 4) is 11.5 Å². The van der Waals surface area contributed by atoms with Gasteiger partial charge in [0.15, 0.2) is 5.82 Å². The van der Waals surface area contributed by atoms with Crippen LogP contribution in [0.25, 0.3) is 22.3 Å². The fraction of sp³-hybridized carbons (Fsp3) is 0.235. The second-order valence-electron chi connectivity index (χ2n) is 5.12. The number of benzene rings is 1. The second-order valence-corrected chi connectivity index (χ2v) is 5.12. The average molecular weight is 278 g/mol. The molecule has 2 heterocycles. The van der Waals surface area contributed by atoms with Crippen molar-refractivity contribution in [2.45, 2.75) is 20.3 Å². The highest BCUT2D eigenvalue weighted by Crippen LogP contribution is 2.25. The molecule has 0 saturated heterocycles. The Kier molecular flexibility index (Phi) is 3.62. The summed E-state index contributed by atoms with van der Waals surface area (Å²) in [7, 11) is 0. The van der Waals surface area contributed by atoms with E-state index in [0.29, 0.717) is 12.4 Å². The van der Waals surface area contributed by atoms with Crippen molar-refractivity contribution in [3.63, 3.8) is 0 Å². The summed E-state index contributed by atoms with van der Waals surface area (Å²) < 4.78 is 0. The van der Waals surface area contributed by atoms with E-state index in [4.69, 9.17) is 5.73 Å². The molecule has 0 aliphatic carbocycles. The molecule has 1 aromatic carbocycles. The number of hydrogen-bond donors (Lipinski definition) is 1. The Hall–Kier alpha value is -2.33. The van der Waals surface area contributed by atoms with E-state index in [9.17, 15) is 0 Å². The zero-order chi connectivity index (χ0) is 14.8. The number of nitrogens with two attached hydrogens (primary N) is 1. The summed E-state index contributed by atoms with van der Waals surface area (Å²) in [6.07, 6.45) is 2.61. The van der Waals surface area contributed by atoms with E-state index in [-0.39, 0.29) is 0 Å². The third-order valence-corrected chi connectivity index (χ3v) is 3.70. The number of aryl methyl sites for hydroxylation is 2. The monoisotopic (exact) mass is 278 g/mol. The molecule has 0 saturated carbocycles. The van der Waals surface area contributed by atoms with E-state index in [1.165, 1.54) is 0 Å². The largest absolute Gasteiger partial charge is 0.330 e. The molecule has 0 aliphatic rings. The van der Waals surface area contributed by atoms with Crippen LogP contribution in [0.4, 0.5) is 0 Å². The first-order chi connectivity index (χ1) is 10.2. The van der Waals surface area contributed by atoms with Gasteiger partial charge in [0.1, 0.15) is 5.69 Å². The molecule has 2 aromatic heterocycles. The van der Waals surface area contributed by atoms with E-state index in [1.807, 2.05) is 32.0 Å². The maximum absolute atomic E-state index is 5.65. The van der Waals surface area contributed by atoms with Gasteiger partial charge in [0.05, 0.1) is 0 Å². The topological polar surface area (TPSA) is 64.7 Å². The zero-order valence-corrected chi connectivity index (χ0v) is 12.3. The van der Waals surface area contributed by atoms with E-state index >= 15 is 0 Å². The molecule has 0 spiro atoms. The molecule has 3 rings (SSSR count). The molecular weight excluding hydrogens is 260 g/mol. The van der Waals surface area contributed by atoms with Gasteiger partial charge in [0, 0.05) is 23.0 Å². The molecule has 4 heteroatoms. The van der Waals surface area contributed by atoms with Gasteiger partial charge in [0.25, 0.3) is 0 Å². The van der Waals surface area contributed by atoms with Crippen LogP contribution in [-0.2, 0) is 6.42 Å². The lowest BCUT2D eigenvalue weighted by molar-refractivity contribution is 0.897. The lowest BCUT2D eigenvalue weighted by Crippen LogP contribution is -2.09. The van der Waals surface area contributed by atoms with Gasteiger partial charge in [-0.05, 0) is 43.8 Å².